The summed E-state index contributed by atoms with van der Waals surface area (Å²) >= 11 is 0. The molecule has 0 amide bonds. The van der Waals surface area contributed by atoms with Gasteiger partial charge in [0.1, 0.15) is 0 Å². The molecule has 0 aromatic heterocycles. The predicted molar refractivity (Wildman–Crippen MR) is 78.0 cm³/mol. The summed E-state index contributed by atoms with van der Waals surface area (Å²) in [5.41, 5.74) is 1.25. The van der Waals surface area contributed by atoms with Crippen LogP contribution in [0.15, 0.2) is 18.2 Å². The van der Waals surface area contributed by atoms with E-state index in [9.17, 15) is 0 Å². The van der Waals surface area contributed by atoms with Crippen molar-refractivity contribution in [2.24, 2.45) is 0 Å². The van der Waals surface area contributed by atoms with Crippen molar-refractivity contribution >= 4 is 0 Å². The van der Waals surface area contributed by atoms with E-state index in [0.29, 0.717) is 6.04 Å². The molecule has 0 spiro atoms. The van der Waals surface area contributed by atoms with Gasteiger partial charge in [0, 0.05) is 11.6 Å². The molecule has 0 aliphatic carbocycles. The van der Waals surface area contributed by atoms with Crippen LogP contribution in [0.1, 0.15) is 51.1 Å². The third kappa shape index (κ3) is 3.63. The lowest BCUT2D eigenvalue weighted by Gasteiger charge is -2.19. The molecule has 3 heteroatoms. The Hall–Kier alpha value is -1.22. The number of rotatable bonds is 6. The van der Waals surface area contributed by atoms with Crippen LogP contribution in [0.2, 0.25) is 0 Å². The lowest BCUT2D eigenvalue weighted by atomic mass is 10.0. The molecule has 1 atom stereocenters. The van der Waals surface area contributed by atoms with Gasteiger partial charge < -0.3 is 14.8 Å². The molecule has 1 N–H and O–H groups in total. The van der Waals surface area contributed by atoms with E-state index in [4.69, 9.17) is 9.47 Å². The molecule has 1 aliphatic heterocycles. The Bertz CT molecular complexity index is 392. The Morgan fingerprint density at radius 1 is 1.32 bits per heavy atom. The zero-order chi connectivity index (χ0) is 13.5. The van der Waals surface area contributed by atoms with E-state index in [1.54, 1.807) is 0 Å². The van der Waals surface area contributed by atoms with Crippen LogP contribution in [-0.4, -0.2) is 19.8 Å². The minimum absolute atomic E-state index is 0.391. The zero-order valence-electron chi connectivity index (χ0n) is 12.1. The van der Waals surface area contributed by atoms with E-state index in [1.165, 1.54) is 5.56 Å². The van der Waals surface area contributed by atoms with Crippen molar-refractivity contribution in [1.29, 1.82) is 0 Å². The summed E-state index contributed by atoms with van der Waals surface area (Å²) < 4.78 is 11.7. The first kappa shape index (κ1) is 14.2. The fraction of sp³-hybridized carbons (Fsp3) is 0.625. The van der Waals surface area contributed by atoms with E-state index in [1.807, 2.05) is 6.07 Å². The molecular weight excluding hydrogens is 238 g/mol. The van der Waals surface area contributed by atoms with Gasteiger partial charge in [0.25, 0.3) is 0 Å². The Kier molecular flexibility index (Phi) is 5.52. The first-order chi connectivity index (χ1) is 9.36. The smallest absolute Gasteiger partial charge is 0.165 e. The molecule has 19 heavy (non-hydrogen) atoms. The molecule has 0 saturated heterocycles. The van der Waals surface area contributed by atoms with Crippen molar-refractivity contribution in [2.75, 3.05) is 19.8 Å². The predicted octanol–water partition coefficient (Wildman–Crippen LogP) is 3.69. The van der Waals surface area contributed by atoms with Gasteiger partial charge >= 0.3 is 0 Å². The van der Waals surface area contributed by atoms with Gasteiger partial charge in [-0.3, -0.25) is 0 Å². The molecule has 0 bridgehead atoms. The van der Waals surface area contributed by atoms with Gasteiger partial charge in [0.2, 0.25) is 0 Å². The molecule has 1 aromatic carbocycles. The molecule has 1 aliphatic rings. The molecular formula is C16H25NO2. The molecule has 106 valence electrons. The Labute approximate surface area is 116 Å². The van der Waals surface area contributed by atoms with Gasteiger partial charge in [0.05, 0.1) is 13.2 Å². The fourth-order valence-electron chi connectivity index (χ4n) is 2.44. The molecule has 1 unspecified atom stereocenters. The van der Waals surface area contributed by atoms with Crippen molar-refractivity contribution < 1.29 is 9.47 Å². The second-order valence-electron chi connectivity index (χ2n) is 5.02. The summed E-state index contributed by atoms with van der Waals surface area (Å²) in [6, 6.07) is 6.63. The zero-order valence-corrected chi connectivity index (χ0v) is 12.1. The first-order valence-corrected chi connectivity index (χ1v) is 7.48. The Balaban J connectivity index is 2.22. The number of para-hydroxylation sites is 1. The van der Waals surface area contributed by atoms with Crippen LogP contribution in [0.5, 0.6) is 11.5 Å². The standard InChI is InChI=1S/C16H25NO2/c1-3-10-17-14-8-6-12-19-16-13(14)7-5-9-15(16)18-11-4-2/h5,7,9,14,17H,3-4,6,8,10-12H2,1-2H3. The minimum Gasteiger partial charge on any atom is -0.490 e. The number of benzene rings is 1. The molecule has 0 radical (unpaired) electrons. The normalized spacial score (nSPS) is 18.3. The number of fused-ring (bicyclic) bond motifs is 1. The van der Waals surface area contributed by atoms with Crippen LogP contribution in [0, 0.1) is 0 Å². The number of hydrogen-bond donors (Lipinski definition) is 1. The van der Waals surface area contributed by atoms with Crippen LogP contribution in [-0.2, 0) is 0 Å². The van der Waals surface area contributed by atoms with Gasteiger partial charge in [-0.2, -0.15) is 0 Å². The summed E-state index contributed by atoms with van der Waals surface area (Å²) in [5, 5.41) is 3.62. The van der Waals surface area contributed by atoms with Crippen LogP contribution in [0.4, 0.5) is 0 Å². The number of ether oxygens (including phenoxy) is 2. The molecule has 1 heterocycles. The van der Waals surface area contributed by atoms with Crippen molar-refractivity contribution in [3.05, 3.63) is 23.8 Å². The molecule has 2 rings (SSSR count). The third-order valence-electron chi connectivity index (χ3n) is 3.37. The monoisotopic (exact) mass is 263 g/mol. The highest BCUT2D eigenvalue weighted by molar-refractivity contribution is 5.48. The molecule has 0 fully saturated rings. The van der Waals surface area contributed by atoms with Crippen molar-refractivity contribution in [2.45, 2.75) is 45.6 Å². The Morgan fingerprint density at radius 3 is 3.00 bits per heavy atom. The maximum atomic E-state index is 5.92. The second-order valence-corrected chi connectivity index (χ2v) is 5.02. The highest BCUT2D eigenvalue weighted by atomic mass is 16.5. The summed E-state index contributed by atoms with van der Waals surface area (Å²) in [4.78, 5) is 0. The van der Waals surface area contributed by atoms with Crippen LogP contribution in [0.3, 0.4) is 0 Å². The van der Waals surface area contributed by atoms with Gasteiger partial charge in [-0.25, -0.2) is 0 Å². The van der Waals surface area contributed by atoms with Crippen LogP contribution in [0.25, 0.3) is 0 Å². The SMILES string of the molecule is CCCNC1CCCOc2c(OCCC)cccc21. The van der Waals surface area contributed by atoms with E-state index in [-0.39, 0.29) is 0 Å². The summed E-state index contributed by atoms with van der Waals surface area (Å²) in [6.07, 6.45) is 4.38. The largest absolute Gasteiger partial charge is 0.490 e. The number of nitrogens with one attached hydrogen (secondary N) is 1. The highest BCUT2D eigenvalue weighted by Crippen LogP contribution is 2.38. The average Bonchev–Trinajstić information content (AvgIpc) is 2.65. The van der Waals surface area contributed by atoms with Crippen LogP contribution >= 0.6 is 0 Å². The van der Waals surface area contributed by atoms with Gasteiger partial charge in [-0.05, 0) is 38.3 Å². The van der Waals surface area contributed by atoms with E-state index in [0.717, 1.165) is 56.9 Å². The Morgan fingerprint density at radius 2 is 2.21 bits per heavy atom. The van der Waals surface area contributed by atoms with Crippen molar-refractivity contribution in [3.8, 4) is 11.5 Å². The lowest BCUT2D eigenvalue weighted by molar-refractivity contribution is 0.269. The summed E-state index contributed by atoms with van der Waals surface area (Å²) in [5.74, 6) is 1.84. The summed E-state index contributed by atoms with van der Waals surface area (Å²) in [6.45, 7) is 6.89. The minimum atomic E-state index is 0.391. The molecule has 0 saturated carbocycles. The quantitative estimate of drug-likeness (QED) is 0.849. The average molecular weight is 263 g/mol. The van der Waals surface area contributed by atoms with E-state index in [2.05, 4.69) is 31.3 Å². The van der Waals surface area contributed by atoms with Crippen LogP contribution < -0.4 is 14.8 Å². The van der Waals surface area contributed by atoms with Gasteiger partial charge in [-0.1, -0.05) is 26.0 Å². The summed E-state index contributed by atoms with van der Waals surface area (Å²) in [7, 11) is 0. The molecule has 3 nitrogen and oxygen atoms in total. The topological polar surface area (TPSA) is 30.5 Å². The van der Waals surface area contributed by atoms with E-state index >= 15 is 0 Å². The van der Waals surface area contributed by atoms with Crippen molar-refractivity contribution in [1.82, 2.24) is 5.32 Å². The second kappa shape index (κ2) is 7.39. The number of hydrogen-bond acceptors (Lipinski definition) is 3. The maximum Gasteiger partial charge on any atom is 0.165 e. The first-order valence-electron chi connectivity index (χ1n) is 7.48. The fourth-order valence-corrected chi connectivity index (χ4v) is 2.44. The van der Waals surface area contributed by atoms with Crippen molar-refractivity contribution in [3.63, 3.8) is 0 Å². The van der Waals surface area contributed by atoms with E-state index < -0.39 is 0 Å². The third-order valence-corrected chi connectivity index (χ3v) is 3.37. The maximum absolute atomic E-state index is 5.92. The lowest BCUT2D eigenvalue weighted by Crippen LogP contribution is -2.21. The van der Waals surface area contributed by atoms with Gasteiger partial charge in [0.15, 0.2) is 11.5 Å². The highest BCUT2D eigenvalue weighted by Gasteiger charge is 2.22. The molecule has 1 aromatic rings. The van der Waals surface area contributed by atoms with Gasteiger partial charge in [-0.15, -0.1) is 0 Å².